The fourth-order valence-corrected chi connectivity index (χ4v) is 1.72. The summed E-state index contributed by atoms with van der Waals surface area (Å²) in [4.78, 5) is 17.5. The van der Waals surface area contributed by atoms with Crippen LogP contribution in [0.3, 0.4) is 0 Å². The number of hydrogen-bond acceptors (Lipinski definition) is 7. The minimum Gasteiger partial charge on any atom is -0.354 e. The molecule has 0 unspecified atom stereocenters. The molecular weight excluding hydrogens is 254 g/mol. The molecule has 1 aromatic rings. The second kappa shape index (κ2) is 8.52. The fraction of sp³-hybridized carbons (Fsp3) is 0.769. The van der Waals surface area contributed by atoms with Gasteiger partial charge in [0.25, 0.3) is 0 Å². The van der Waals surface area contributed by atoms with E-state index >= 15 is 0 Å². The van der Waals surface area contributed by atoms with Gasteiger partial charge in [-0.1, -0.05) is 0 Å². The Labute approximate surface area is 121 Å². The van der Waals surface area contributed by atoms with Gasteiger partial charge in [0, 0.05) is 32.7 Å². The van der Waals surface area contributed by atoms with E-state index in [-0.39, 0.29) is 0 Å². The number of likely N-dealkylation sites (N-methyl/N-ethyl adjacent to an activating group) is 1. The average molecular weight is 281 g/mol. The molecule has 0 aliphatic carbocycles. The monoisotopic (exact) mass is 281 g/mol. The van der Waals surface area contributed by atoms with Gasteiger partial charge in [-0.25, -0.2) is 0 Å². The van der Waals surface area contributed by atoms with Gasteiger partial charge in [-0.3, -0.25) is 0 Å². The Kier molecular flexibility index (Phi) is 7.00. The Morgan fingerprint density at radius 1 is 0.900 bits per heavy atom. The van der Waals surface area contributed by atoms with Crippen LogP contribution in [0.1, 0.15) is 20.8 Å². The minimum atomic E-state index is 0.622. The zero-order valence-electron chi connectivity index (χ0n) is 13.3. The Hall–Kier alpha value is -1.63. The molecule has 0 saturated heterocycles. The number of rotatable bonds is 9. The third-order valence-corrected chi connectivity index (χ3v) is 2.85. The summed E-state index contributed by atoms with van der Waals surface area (Å²) < 4.78 is 0. The maximum atomic E-state index is 4.49. The molecule has 0 spiro atoms. The highest BCUT2D eigenvalue weighted by molar-refractivity contribution is 5.43. The van der Waals surface area contributed by atoms with Crippen LogP contribution >= 0.6 is 0 Å². The molecular formula is C13H27N7. The number of hydrogen-bond donors (Lipinski definition) is 2. The van der Waals surface area contributed by atoms with Crippen molar-refractivity contribution in [1.82, 2.24) is 19.9 Å². The third-order valence-electron chi connectivity index (χ3n) is 2.85. The van der Waals surface area contributed by atoms with Crippen molar-refractivity contribution in [3.05, 3.63) is 0 Å². The summed E-state index contributed by atoms with van der Waals surface area (Å²) in [6, 6.07) is 0. The maximum absolute atomic E-state index is 4.49. The number of nitrogens with zero attached hydrogens (tertiary/aromatic N) is 5. The molecule has 1 heterocycles. The van der Waals surface area contributed by atoms with Gasteiger partial charge in [-0.2, -0.15) is 15.0 Å². The van der Waals surface area contributed by atoms with E-state index in [1.54, 1.807) is 0 Å². The van der Waals surface area contributed by atoms with Crippen LogP contribution in [0.2, 0.25) is 0 Å². The number of aromatic nitrogens is 3. The van der Waals surface area contributed by atoms with Crippen LogP contribution < -0.4 is 15.5 Å². The van der Waals surface area contributed by atoms with E-state index in [4.69, 9.17) is 0 Å². The highest BCUT2D eigenvalue weighted by Crippen LogP contribution is 2.13. The molecule has 20 heavy (non-hydrogen) atoms. The second-order valence-electron chi connectivity index (χ2n) is 4.72. The van der Waals surface area contributed by atoms with Gasteiger partial charge >= 0.3 is 0 Å². The molecule has 0 aliphatic rings. The molecule has 0 fully saturated rings. The summed E-state index contributed by atoms with van der Waals surface area (Å²) in [5.74, 6) is 1.96. The van der Waals surface area contributed by atoms with Crippen LogP contribution in [-0.4, -0.2) is 66.7 Å². The van der Waals surface area contributed by atoms with E-state index in [9.17, 15) is 0 Å². The first-order valence-electron chi connectivity index (χ1n) is 7.24. The average Bonchev–Trinajstić information content (AvgIpc) is 2.40. The molecule has 7 heteroatoms. The van der Waals surface area contributed by atoms with Crippen molar-refractivity contribution in [1.29, 1.82) is 0 Å². The first kappa shape index (κ1) is 16.4. The van der Waals surface area contributed by atoms with Gasteiger partial charge < -0.3 is 20.4 Å². The van der Waals surface area contributed by atoms with E-state index in [2.05, 4.69) is 49.2 Å². The molecule has 0 amide bonds. The van der Waals surface area contributed by atoms with Gasteiger partial charge in [-0.15, -0.1) is 0 Å². The van der Waals surface area contributed by atoms with E-state index in [1.807, 2.05) is 21.0 Å². The van der Waals surface area contributed by atoms with Gasteiger partial charge in [0.15, 0.2) is 0 Å². The quantitative estimate of drug-likeness (QED) is 0.703. The van der Waals surface area contributed by atoms with Crippen LogP contribution in [0.5, 0.6) is 0 Å². The molecule has 114 valence electrons. The van der Waals surface area contributed by atoms with Crippen LogP contribution in [0.15, 0.2) is 0 Å². The Morgan fingerprint density at radius 2 is 1.50 bits per heavy atom. The number of anilines is 3. The summed E-state index contributed by atoms with van der Waals surface area (Å²) >= 11 is 0. The first-order valence-corrected chi connectivity index (χ1v) is 7.24. The molecule has 0 bridgehead atoms. The third kappa shape index (κ3) is 5.16. The SMILES string of the molecule is CCNc1nc(NCCN(C)C)nc(N(CC)CC)n1. The Morgan fingerprint density at radius 3 is 2.00 bits per heavy atom. The van der Waals surface area contributed by atoms with Gasteiger partial charge in [0.2, 0.25) is 17.8 Å². The van der Waals surface area contributed by atoms with Crippen LogP contribution in [0, 0.1) is 0 Å². The summed E-state index contributed by atoms with van der Waals surface area (Å²) in [6.07, 6.45) is 0. The number of nitrogens with one attached hydrogen (secondary N) is 2. The summed E-state index contributed by atoms with van der Waals surface area (Å²) in [7, 11) is 4.08. The topological polar surface area (TPSA) is 69.2 Å². The Balaban J connectivity index is 2.86. The van der Waals surface area contributed by atoms with Crippen molar-refractivity contribution < 1.29 is 0 Å². The summed E-state index contributed by atoms with van der Waals surface area (Å²) in [6.45, 7) is 10.5. The molecule has 2 N–H and O–H groups in total. The smallest absolute Gasteiger partial charge is 0.231 e. The van der Waals surface area contributed by atoms with Crippen LogP contribution in [0.25, 0.3) is 0 Å². The zero-order chi connectivity index (χ0) is 15.0. The van der Waals surface area contributed by atoms with E-state index in [1.165, 1.54) is 0 Å². The standard InChI is InChI=1S/C13H27N7/c1-6-14-11-16-12(15-9-10-19(4)5)18-13(17-11)20(7-2)8-3/h6-10H2,1-5H3,(H2,14,15,16,17,18). The molecule has 0 atom stereocenters. The second-order valence-corrected chi connectivity index (χ2v) is 4.72. The van der Waals surface area contributed by atoms with Gasteiger partial charge in [0.05, 0.1) is 0 Å². The van der Waals surface area contributed by atoms with Gasteiger partial charge in [0.1, 0.15) is 0 Å². The van der Waals surface area contributed by atoms with Crippen LogP contribution in [-0.2, 0) is 0 Å². The lowest BCUT2D eigenvalue weighted by atomic mass is 10.5. The lowest BCUT2D eigenvalue weighted by Crippen LogP contribution is -2.26. The lowest BCUT2D eigenvalue weighted by Gasteiger charge is -2.20. The molecule has 0 saturated carbocycles. The first-order chi connectivity index (χ1) is 9.60. The van der Waals surface area contributed by atoms with E-state index < -0.39 is 0 Å². The van der Waals surface area contributed by atoms with Crippen molar-refractivity contribution in [3.63, 3.8) is 0 Å². The summed E-state index contributed by atoms with van der Waals surface area (Å²) in [5.41, 5.74) is 0. The predicted octanol–water partition coefficient (Wildman–Crippen LogP) is 1.12. The van der Waals surface area contributed by atoms with E-state index in [0.29, 0.717) is 17.8 Å². The highest BCUT2D eigenvalue weighted by Gasteiger charge is 2.10. The van der Waals surface area contributed by atoms with Crippen molar-refractivity contribution in [2.75, 3.05) is 62.4 Å². The Bertz CT molecular complexity index is 390. The van der Waals surface area contributed by atoms with E-state index in [0.717, 1.165) is 32.7 Å². The fourth-order valence-electron chi connectivity index (χ4n) is 1.72. The molecule has 1 rings (SSSR count). The molecule has 7 nitrogen and oxygen atoms in total. The molecule has 0 radical (unpaired) electrons. The highest BCUT2D eigenvalue weighted by atomic mass is 15.3. The van der Waals surface area contributed by atoms with Crippen molar-refractivity contribution in [3.8, 4) is 0 Å². The van der Waals surface area contributed by atoms with Gasteiger partial charge in [-0.05, 0) is 34.9 Å². The molecule has 0 aromatic carbocycles. The zero-order valence-corrected chi connectivity index (χ0v) is 13.3. The van der Waals surface area contributed by atoms with Crippen LogP contribution in [0.4, 0.5) is 17.8 Å². The maximum Gasteiger partial charge on any atom is 0.231 e. The predicted molar refractivity (Wildman–Crippen MR) is 84.6 cm³/mol. The summed E-state index contributed by atoms with van der Waals surface area (Å²) in [5, 5.41) is 6.40. The van der Waals surface area contributed by atoms with Crippen molar-refractivity contribution in [2.24, 2.45) is 0 Å². The minimum absolute atomic E-state index is 0.622. The van der Waals surface area contributed by atoms with Crippen molar-refractivity contribution >= 4 is 17.8 Å². The van der Waals surface area contributed by atoms with Crippen molar-refractivity contribution in [2.45, 2.75) is 20.8 Å². The molecule has 0 aliphatic heterocycles. The normalized spacial score (nSPS) is 10.7. The molecule has 1 aromatic heterocycles. The lowest BCUT2D eigenvalue weighted by molar-refractivity contribution is 0.425. The largest absolute Gasteiger partial charge is 0.354 e.